The molecule has 2 aromatic heterocycles. The molecule has 31 heavy (non-hydrogen) atoms. The van der Waals surface area contributed by atoms with Crippen LogP contribution in [-0.2, 0) is 17.9 Å². The number of carbonyl (C=O) groups is 1. The first-order chi connectivity index (χ1) is 15.1. The number of amides is 1. The van der Waals surface area contributed by atoms with Gasteiger partial charge in [0.25, 0.3) is 5.56 Å². The lowest BCUT2D eigenvalue weighted by Gasteiger charge is -2.10. The van der Waals surface area contributed by atoms with E-state index in [1.807, 2.05) is 24.3 Å². The van der Waals surface area contributed by atoms with Crippen LogP contribution in [0.2, 0.25) is 0 Å². The molecule has 1 amide bonds. The molecule has 0 radical (unpaired) electrons. The van der Waals surface area contributed by atoms with Gasteiger partial charge in [-0.15, -0.1) is 0 Å². The van der Waals surface area contributed by atoms with Crippen molar-refractivity contribution in [2.24, 2.45) is 0 Å². The summed E-state index contributed by atoms with van der Waals surface area (Å²) >= 11 is 0. The van der Waals surface area contributed by atoms with Crippen molar-refractivity contribution in [2.45, 2.75) is 19.5 Å². The summed E-state index contributed by atoms with van der Waals surface area (Å²) in [5.41, 5.74) is 1.54. The Balaban J connectivity index is 1.44. The number of aryl methyl sites for hydroxylation is 1. The van der Waals surface area contributed by atoms with Crippen LogP contribution in [0.25, 0.3) is 16.7 Å². The van der Waals surface area contributed by atoms with Crippen LogP contribution in [0.5, 0.6) is 5.75 Å². The summed E-state index contributed by atoms with van der Waals surface area (Å²) in [6.45, 7) is 0.515. The number of ether oxygens (including phenoxy) is 1. The van der Waals surface area contributed by atoms with E-state index in [9.17, 15) is 14.0 Å². The topological polar surface area (TPSA) is 91.0 Å². The number of rotatable bonds is 7. The van der Waals surface area contributed by atoms with Crippen molar-refractivity contribution in [1.29, 1.82) is 0 Å². The van der Waals surface area contributed by atoms with Crippen molar-refractivity contribution in [3.8, 4) is 11.4 Å². The normalized spacial score (nSPS) is 10.9. The van der Waals surface area contributed by atoms with E-state index < -0.39 is 0 Å². The van der Waals surface area contributed by atoms with E-state index in [4.69, 9.17) is 4.74 Å². The summed E-state index contributed by atoms with van der Waals surface area (Å²) in [6, 6.07) is 13.2. The van der Waals surface area contributed by atoms with Crippen molar-refractivity contribution in [2.75, 3.05) is 7.11 Å². The maximum absolute atomic E-state index is 13.2. The first-order valence-electron chi connectivity index (χ1n) is 9.64. The fourth-order valence-electron chi connectivity index (χ4n) is 3.23. The zero-order valence-electron chi connectivity index (χ0n) is 16.8. The van der Waals surface area contributed by atoms with Gasteiger partial charge in [0, 0.05) is 25.1 Å². The van der Waals surface area contributed by atoms with E-state index >= 15 is 0 Å². The number of halogens is 1. The Morgan fingerprint density at radius 3 is 2.71 bits per heavy atom. The Kier molecular flexibility index (Phi) is 5.74. The quantitative estimate of drug-likeness (QED) is 0.495. The summed E-state index contributed by atoms with van der Waals surface area (Å²) in [4.78, 5) is 29.3. The van der Waals surface area contributed by atoms with Crippen LogP contribution in [-0.4, -0.2) is 32.3 Å². The van der Waals surface area contributed by atoms with Gasteiger partial charge in [0.15, 0.2) is 5.65 Å². The molecular weight excluding hydrogens is 401 g/mol. The third-order valence-electron chi connectivity index (χ3n) is 4.87. The van der Waals surface area contributed by atoms with Crippen LogP contribution in [0.15, 0.2) is 65.8 Å². The number of hydrogen-bond acceptors (Lipinski definition) is 5. The van der Waals surface area contributed by atoms with Crippen LogP contribution in [0.1, 0.15) is 12.0 Å². The van der Waals surface area contributed by atoms with Crippen LogP contribution in [0.4, 0.5) is 4.39 Å². The molecule has 2 aromatic carbocycles. The molecule has 8 nitrogen and oxygen atoms in total. The van der Waals surface area contributed by atoms with E-state index in [0.29, 0.717) is 29.0 Å². The maximum Gasteiger partial charge on any atom is 0.264 e. The van der Waals surface area contributed by atoms with Crippen LogP contribution in [0, 0.1) is 5.82 Å². The molecule has 9 heteroatoms. The lowest BCUT2D eigenvalue weighted by atomic mass is 10.2. The standard InChI is InChI=1S/C22H20FN5O3/c1-31-19-5-3-2-4-15(19)12-24-20(29)10-11-27-14-25-21-18(22(27)30)13-26-28(21)17-8-6-16(23)7-9-17/h2-9,13-14H,10-12H2,1H3,(H,24,29). The molecule has 0 aliphatic rings. The zero-order valence-corrected chi connectivity index (χ0v) is 16.8. The molecule has 0 saturated heterocycles. The van der Waals surface area contributed by atoms with E-state index in [1.54, 1.807) is 19.2 Å². The molecule has 0 unspecified atom stereocenters. The average molecular weight is 421 g/mol. The number of para-hydroxylation sites is 1. The molecule has 4 rings (SSSR count). The molecule has 4 aromatic rings. The molecular formula is C22H20FN5O3. The predicted octanol–water partition coefficient (Wildman–Crippen LogP) is 2.44. The first kappa shape index (κ1) is 20.3. The van der Waals surface area contributed by atoms with Gasteiger partial charge in [0.05, 0.1) is 25.3 Å². The Hall–Kier alpha value is -4.01. The van der Waals surface area contributed by atoms with E-state index in [-0.39, 0.29) is 30.2 Å². The van der Waals surface area contributed by atoms with E-state index in [0.717, 1.165) is 5.56 Å². The predicted molar refractivity (Wildman–Crippen MR) is 113 cm³/mol. The average Bonchev–Trinajstić information content (AvgIpc) is 3.23. The van der Waals surface area contributed by atoms with Crippen molar-refractivity contribution >= 4 is 16.9 Å². The second-order valence-electron chi connectivity index (χ2n) is 6.85. The molecule has 2 heterocycles. The van der Waals surface area contributed by atoms with Gasteiger partial charge in [-0.25, -0.2) is 14.1 Å². The third-order valence-corrected chi connectivity index (χ3v) is 4.87. The van der Waals surface area contributed by atoms with Gasteiger partial charge in [-0.05, 0) is 30.3 Å². The lowest BCUT2D eigenvalue weighted by molar-refractivity contribution is -0.121. The van der Waals surface area contributed by atoms with E-state index in [2.05, 4.69) is 15.4 Å². The summed E-state index contributed by atoms with van der Waals surface area (Å²) < 4.78 is 21.3. The largest absolute Gasteiger partial charge is 0.496 e. The number of fused-ring (bicyclic) bond motifs is 1. The van der Waals surface area contributed by atoms with Crippen LogP contribution in [0.3, 0.4) is 0 Å². The number of nitrogens with one attached hydrogen (secondary N) is 1. The van der Waals surface area contributed by atoms with Crippen LogP contribution >= 0.6 is 0 Å². The summed E-state index contributed by atoms with van der Waals surface area (Å²) in [7, 11) is 1.58. The lowest BCUT2D eigenvalue weighted by Crippen LogP contribution is -2.27. The molecule has 0 aliphatic heterocycles. The van der Waals surface area contributed by atoms with Gasteiger partial charge in [0.2, 0.25) is 5.91 Å². The van der Waals surface area contributed by atoms with Crippen molar-refractivity contribution in [3.05, 3.63) is 82.8 Å². The first-order valence-corrected chi connectivity index (χ1v) is 9.64. The number of carbonyl (C=O) groups excluding carboxylic acids is 1. The third kappa shape index (κ3) is 4.30. The van der Waals surface area contributed by atoms with Gasteiger partial charge in [-0.3, -0.25) is 14.2 Å². The Morgan fingerprint density at radius 2 is 1.94 bits per heavy atom. The monoisotopic (exact) mass is 421 g/mol. The van der Waals surface area contributed by atoms with Gasteiger partial charge < -0.3 is 10.1 Å². The van der Waals surface area contributed by atoms with Crippen molar-refractivity contribution in [3.63, 3.8) is 0 Å². The van der Waals surface area contributed by atoms with Crippen molar-refractivity contribution in [1.82, 2.24) is 24.6 Å². The molecule has 0 spiro atoms. The van der Waals surface area contributed by atoms with Crippen LogP contribution < -0.4 is 15.6 Å². The Bertz CT molecular complexity index is 1280. The molecule has 0 fully saturated rings. The summed E-state index contributed by atoms with van der Waals surface area (Å²) in [5, 5.41) is 7.35. The highest BCUT2D eigenvalue weighted by atomic mass is 19.1. The van der Waals surface area contributed by atoms with Gasteiger partial charge in [-0.1, -0.05) is 18.2 Å². The highest BCUT2D eigenvalue weighted by Crippen LogP contribution is 2.17. The number of aromatic nitrogens is 4. The summed E-state index contributed by atoms with van der Waals surface area (Å²) in [5.74, 6) is 0.145. The second-order valence-corrected chi connectivity index (χ2v) is 6.85. The number of methoxy groups -OCH3 is 1. The SMILES string of the molecule is COc1ccccc1CNC(=O)CCn1cnc2c(cnn2-c2ccc(F)cc2)c1=O. The molecule has 0 bridgehead atoms. The molecule has 0 atom stereocenters. The van der Waals surface area contributed by atoms with Gasteiger partial charge >= 0.3 is 0 Å². The smallest absolute Gasteiger partial charge is 0.264 e. The molecule has 0 saturated carbocycles. The zero-order chi connectivity index (χ0) is 21.8. The number of hydrogen-bond donors (Lipinski definition) is 1. The minimum Gasteiger partial charge on any atom is -0.496 e. The fourth-order valence-corrected chi connectivity index (χ4v) is 3.23. The maximum atomic E-state index is 13.2. The molecule has 1 N–H and O–H groups in total. The minimum absolute atomic E-state index is 0.119. The fraction of sp³-hybridized carbons (Fsp3) is 0.182. The Labute approximate surface area is 176 Å². The second kappa shape index (κ2) is 8.78. The van der Waals surface area contributed by atoms with Crippen molar-refractivity contribution < 1.29 is 13.9 Å². The van der Waals surface area contributed by atoms with Gasteiger partial charge in [-0.2, -0.15) is 5.10 Å². The number of benzene rings is 2. The van der Waals surface area contributed by atoms with E-state index in [1.165, 1.54) is 33.9 Å². The summed E-state index contributed by atoms with van der Waals surface area (Å²) in [6.07, 6.45) is 2.93. The minimum atomic E-state index is -0.362. The molecule has 0 aliphatic carbocycles. The van der Waals surface area contributed by atoms with Gasteiger partial charge in [0.1, 0.15) is 17.0 Å². The number of nitrogens with zero attached hydrogens (tertiary/aromatic N) is 4. The highest BCUT2D eigenvalue weighted by molar-refractivity contribution is 5.76. The molecule has 158 valence electrons. The highest BCUT2D eigenvalue weighted by Gasteiger charge is 2.12. The Morgan fingerprint density at radius 1 is 1.16 bits per heavy atom.